The Labute approximate surface area is 165 Å². The van der Waals surface area contributed by atoms with Crippen LogP contribution < -0.4 is 0 Å². The second-order valence-corrected chi connectivity index (χ2v) is 7.93. The zero-order valence-corrected chi connectivity index (χ0v) is 17.1. The smallest absolute Gasteiger partial charge is 0.0466 e. The van der Waals surface area contributed by atoms with Crippen LogP contribution in [0.2, 0.25) is 0 Å². The van der Waals surface area contributed by atoms with E-state index in [-0.39, 0.29) is 45.1 Å². The molecule has 1 aromatic heterocycles. The number of nitrogens with zero attached hydrogens (tertiary/aromatic N) is 2. The Kier molecular flexibility index (Phi) is 3.51. The molecule has 0 amide bonds. The van der Waals surface area contributed by atoms with Gasteiger partial charge in [0, 0.05) is 69.9 Å². The molecule has 2 aromatic rings. The molecular formula is C20H25N2Y-. The van der Waals surface area contributed by atoms with E-state index < -0.39 is 0 Å². The van der Waals surface area contributed by atoms with Crippen molar-refractivity contribution in [2.75, 3.05) is 13.1 Å². The van der Waals surface area contributed by atoms with Crippen LogP contribution in [0.5, 0.6) is 0 Å². The van der Waals surface area contributed by atoms with Gasteiger partial charge in [-0.05, 0) is 18.1 Å². The van der Waals surface area contributed by atoms with Gasteiger partial charge in [-0.2, -0.15) is 0 Å². The van der Waals surface area contributed by atoms with Gasteiger partial charge in [-0.15, -0.1) is 11.5 Å². The van der Waals surface area contributed by atoms with Gasteiger partial charge in [0.15, 0.2) is 0 Å². The van der Waals surface area contributed by atoms with Crippen molar-refractivity contribution in [1.82, 2.24) is 9.47 Å². The fourth-order valence-electron chi connectivity index (χ4n) is 5.43. The number of hydrogen-bond acceptors (Lipinski definition) is 1. The number of aromatic nitrogens is 1. The predicted octanol–water partition coefficient (Wildman–Crippen LogP) is 4.31. The van der Waals surface area contributed by atoms with Crippen LogP contribution in [0.1, 0.15) is 39.5 Å². The first-order valence-electron chi connectivity index (χ1n) is 8.43. The van der Waals surface area contributed by atoms with Gasteiger partial charge in [-0.3, -0.25) is 11.3 Å². The van der Waals surface area contributed by atoms with Crippen LogP contribution in [-0.4, -0.2) is 22.6 Å². The molecule has 2 atom stereocenters. The Morgan fingerprint density at radius 1 is 1.22 bits per heavy atom. The zero-order valence-electron chi connectivity index (χ0n) is 14.2. The van der Waals surface area contributed by atoms with E-state index in [4.69, 9.17) is 0 Å². The summed E-state index contributed by atoms with van der Waals surface area (Å²) in [6.45, 7) is 9.42. The summed E-state index contributed by atoms with van der Waals surface area (Å²) >= 11 is 0. The van der Waals surface area contributed by atoms with Crippen LogP contribution in [0.25, 0.3) is 10.9 Å². The van der Waals surface area contributed by atoms with Crippen LogP contribution in [0, 0.1) is 11.8 Å². The molecule has 0 aliphatic carbocycles. The van der Waals surface area contributed by atoms with Gasteiger partial charge in [0.2, 0.25) is 0 Å². The maximum Gasteiger partial charge on any atom is 0.0466 e. The van der Waals surface area contributed by atoms with Crippen molar-refractivity contribution in [3.63, 3.8) is 0 Å². The summed E-state index contributed by atoms with van der Waals surface area (Å²) in [6, 6.07) is 9.49. The van der Waals surface area contributed by atoms with Crippen molar-refractivity contribution in [2.45, 2.75) is 38.8 Å². The van der Waals surface area contributed by atoms with E-state index in [1.165, 1.54) is 23.9 Å². The average molecular weight is 383 g/mol. The Bertz CT molecular complexity index is 822. The number of hydrogen-bond donors (Lipinski definition) is 0. The summed E-state index contributed by atoms with van der Waals surface area (Å²) in [6.07, 6.45) is 8.57. The van der Waals surface area contributed by atoms with E-state index in [1.807, 2.05) is 0 Å². The van der Waals surface area contributed by atoms with Gasteiger partial charge in [-0.25, -0.2) is 0 Å². The molecule has 1 aromatic carbocycles. The Morgan fingerprint density at radius 3 is 2.83 bits per heavy atom. The third-order valence-corrected chi connectivity index (χ3v) is 5.94. The molecule has 1 radical (unpaired) electrons. The zero-order chi connectivity index (χ0) is 15.1. The standard InChI is InChI=1S/C20H23N2.Y.H2/c1-19(2)13-20(3)10-6-11-21-12-9-15-14-7-4-5-8-16(14)22(19)17(15)18(20)21;;/h4-8,10,13,18H,9,11-12H2,1-3H3;;1H/q-1;;/t18-,20+;;/m1../s1/i;;1+1. The topological polar surface area (TPSA) is 8.17 Å². The predicted molar refractivity (Wildman–Crippen MR) is 92.9 cm³/mol. The van der Waals surface area contributed by atoms with Gasteiger partial charge in [0.25, 0.3) is 0 Å². The van der Waals surface area contributed by atoms with Crippen LogP contribution in [0.15, 0.2) is 36.4 Å². The molecule has 3 aliphatic heterocycles. The first-order valence-corrected chi connectivity index (χ1v) is 8.43. The van der Waals surface area contributed by atoms with E-state index in [1.54, 1.807) is 11.3 Å². The summed E-state index contributed by atoms with van der Waals surface area (Å²) in [4.78, 5) is 2.67. The molecule has 0 bridgehead atoms. The van der Waals surface area contributed by atoms with Crippen LogP contribution in [-0.2, 0) is 44.7 Å². The molecule has 2 nitrogen and oxygen atoms in total. The van der Waals surface area contributed by atoms with Crippen molar-refractivity contribution in [3.8, 4) is 0 Å². The Balaban J connectivity index is 0.000000845. The normalized spacial score (nSPS) is 30.8. The molecule has 3 heteroatoms. The van der Waals surface area contributed by atoms with Crippen LogP contribution >= 0.6 is 0 Å². The van der Waals surface area contributed by atoms with Crippen molar-refractivity contribution >= 4 is 10.9 Å². The van der Waals surface area contributed by atoms with Gasteiger partial charge >= 0.3 is 0 Å². The summed E-state index contributed by atoms with van der Waals surface area (Å²) in [5, 5.41) is 1.47. The minimum atomic E-state index is 0. The summed E-state index contributed by atoms with van der Waals surface area (Å²) in [5.41, 5.74) is 4.77. The maximum atomic E-state index is 2.67. The fraction of sp³-hybridized carbons (Fsp3) is 0.450. The molecule has 0 fully saturated rings. The number of para-hydroxylation sites is 1. The molecular weight excluding hydrogens is 357 g/mol. The largest absolute Gasteiger partial charge is 0.368 e. The molecule has 0 saturated heterocycles. The van der Waals surface area contributed by atoms with Crippen LogP contribution in [0.4, 0.5) is 0 Å². The molecule has 0 unspecified atom stereocenters. The molecule has 0 spiro atoms. The van der Waals surface area contributed by atoms with Gasteiger partial charge in [0.05, 0.1) is 0 Å². The first-order chi connectivity index (χ1) is 10.5. The van der Waals surface area contributed by atoms with E-state index >= 15 is 0 Å². The third-order valence-electron chi connectivity index (χ3n) is 5.94. The first kappa shape index (κ1) is 16.1. The minimum Gasteiger partial charge on any atom is -0.368 e. The van der Waals surface area contributed by atoms with E-state index in [0.717, 1.165) is 6.54 Å². The van der Waals surface area contributed by atoms with Crippen molar-refractivity contribution < 1.29 is 34.1 Å². The second kappa shape index (κ2) is 5.03. The summed E-state index contributed by atoms with van der Waals surface area (Å²) in [5.74, 6) is 0. The minimum absolute atomic E-state index is 0. The summed E-state index contributed by atoms with van der Waals surface area (Å²) in [7, 11) is 0. The molecule has 5 rings (SSSR count). The number of benzene rings is 1. The van der Waals surface area contributed by atoms with E-state index in [2.05, 4.69) is 73.1 Å². The van der Waals surface area contributed by atoms with Crippen molar-refractivity contribution in [3.05, 3.63) is 54.1 Å². The van der Waals surface area contributed by atoms with Gasteiger partial charge < -0.3 is 4.57 Å². The van der Waals surface area contributed by atoms with Gasteiger partial charge in [-0.1, -0.05) is 50.6 Å². The quantitative estimate of drug-likeness (QED) is 0.486. The Morgan fingerprint density at radius 2 is 2.00 bits per heavy atom. The molecule has 23 heavy (non-hydrogen) atoms. The van der Waals surface area contributed by atoms with E-state index in [9.17, 15) is 0 Å². The molecule has 0 saturated carbocycles. The van der Waals surface area contributed by atoms with Crippen molar-refractivity contribution in [2.24, 2.45) is 5.41 Å². The monoisotopic (exact) mass is 383 g/mol. The average Bonchev–Trinajstić information content (AvgIpc) is 2.81. The molecule has 4 heterocycles. The second-order valence-electron chi connectivity index (χ2n) is 7.93. The number of rotatable bonds is 0. The third kappa shape index (κ3) is 1.98. The van der Waals surface area contributed by atoms with E-state index in [0.29, 0.717) is 6.04 Å². The summed E-state index contributed by atoms with van der Waals surface area (Å²) < 4.78 is 2.62. The maximum absolute atomic E-state index is 2.67. The van der Waals surface area contributed by atoms with Gasteiger partial charge in [0.1, 0.15) is 0 Å². The molecule has 119 valence electrons. The molecule has 3 aliphatic rings. The Hall–Kier alpha value is -0.436. The molecule has 0 N–H and O–H groups in total. The SMILES string of the molecule is CC1(C)[CH-][C@]2(C)C=CCN3CCc4c(n1c1ccccc41)[C@@H]32.[2HH].[Y]. The number of fused-ring (bicyclic) bond motifs is 3. The van der Waals surface area contributed by atoms with Crippen LogP contribution in [0.3, 0.4) is 0 Å². The van der Waals surface area contributed by atoms with Crippen molar-refractivity contribution in [1.29, 1.82) is 0 Å². The fourth-order valence-corrected chi connectivity index (χ4v) is 5.43.